The minimum Gasteiger partial charge on any atom is -0.336 e. The molecule has 1 aliphatic rings. The Morgan fingerprint density at radius 1 is 1.62 bits per heavy atom. The molecule has 2 unspecified atom stereocenters. The lowest BCUT2D eigenvalue weighted by Crippen LogP contribution is -2.48. The SMILES string of the molecule is Cc1ncc(C(=O)N2CC(C)CC(N)C2)s1. The molecular formula is C11H17N3OS. The third-order valence-corrected chi connectivity index (χ3v) is 3.71. The molecule has 1 aromatic heterocycles. The first-order valence-corrected chi connectivity index (χ1v) is 6.35. The van der Waals surface area contributed by atoms with Gasteiger partial charge in [-0.3, -0.25) is 4.79 Å². The first-order chi connectivity index (χ1) is 7.56. The van der Waals surface area contributed by atoms with E-state index >= 15 is 0 Å². The van der Waals surface area contributed by atoms with E-state index in [0.717, 1.165) is 22.9 Å². The Morgan fingerprint density at radius 2 is 2.38 bits per heavy atom. The Morgan fingerprint density at radius 3 is 2.94 bits per heavy atom. The molecule has 2 heterocycles. The summed E-state index contributed by atoms with van der Waals surface area (Å²) in [6.45, 7) is 5.52. The Labute approximate surface area is 99.5 Å². The second-order valence-corrected chi connectivity index (χ2v) is 5.79. The monoisotopic (exact) mass is 239 g/mol. The number of carbonyl (C=O) groups is 1. The molecule has 1 amide bonds. The Balaban J connectivity index is 2.09. The summed E-state index contributed by atoms with van der Waals surface area (Å²) in [5, 5.41) is 0.928. The average Bonchev–Trinajstić information content (AvgIpc) is 2.62. The highest BCUT2D eigenvalue weighted by molar-refractivity contribution is 7.13. The summed E-state index contributed by atoms with van der Waals surface area (Å²) in [4.78, 5) is 18.8. The standard InChI is InChI=1S/C11H17N3OS/c1-7-3-9(12)6-14(5-7)11(15)10-4-13-8(2)16-10/h4,7,9H,3,5-6,12H2,1-2H3. The largest absolute Gasteiger partial charge is 0.336 e. The smallest absolute Gasteiger partial charge is 0.265 e. The predicted molar refractivity (Wildman–Crippen MR) is 64.5 cm³/mol. The van der Waals surface area contributed by atoms with Gasteiger partial charge in [0.2, 0.25) is 0 Å². The summed E-state index contributed by atoms with van der Waals surface area (Å²) in [7, 11) is 0. The van der Waals surface area contributed by atoms with E-state index in [1.165, 1.54) is 11.3 Å². The van der Waals surface area contributed by atoms with Gasteiger partial charge in [-0.15, -0.1) is 11.3 Å². The van der Waals surface area contributed by atoms with Gasteiger partial charge in [-0.1, -0.05) is 6.92 Å². The first-order valence-electron chi connectivity index (χ1n) is 5.53. The van der Waals surface area contributed by atoms with E-state index < -0.39 is 0 Å². The predicted octanol–water partition coefficient (Wildman–Crippen LogP) is 1.26. The number of hydrogen-bond donors (Lipinski definition) is 1. The quantitative estimate of drug-likeness (QED) is 0.802. The number of hydrogen-bond acceptors (Lipinski definition) is 4. The molecule has 0 bridgehead atoms. The van der Waals surface area contributed by atoms with Crippen LogP contribution < -0.4 is 5.73 Å². The first kappa shape index (κ1) is 11.5. The fraction of sp³-hybridized carbons (Fsp3) is 0.636. The van der Waals surface area contributed by atoms with Crippen molar-refractivity contribution in [2.75, 3.05) is 13.1 Å². The summed E-state index contributed by atoms with van der Waals surface area (Å²) in [5.74, 6) is 0.564. The van der Waals surface area contributed by atoms with Gasteiger partial charge >= 0.3 is 0 Å². The van der Waals surface area contributed by atoms with E-state index in [9.17, 15) is 4.79 Å². The second-order valence-electron chi connectivity index (χ2n) is 4.55. The van der Waals surface area contributed by atoms with Crippen LogP contribution in [0.25, 0.3) is 0 Å². The molecular weight excluding hydrogens is 222 g/mol. The molecule has 0 radical (unpaired) electrons. The van der Waals surface area contributed by atoms with Crippen LogP contribution in [0.5, 0.6) is 0 Å². The Hall–Kier alpha value is -0.940. The molecule has 4 nitrogen and oxygen atoms in total. The van der Waals surface area contributed by atoms with Gasteiger partial charge in [-0.05, 0) is 19.3 Å². The van der Waals surface area contributed by atoms with Crippen LogP contribution in [-0.2, 0) is 0 Å². The lowest BCUT2D eigenvalue weighted by Gasteiger charge is -2.34. The van der Waals surface area contributed by atoms with Crippen LogP contribution in [0.3, 0.4) is 0 Å². The summed E-state index contributed by atoms with van der Waals surface area (Å²) < 4.78 is 0. The third kappa shape index (κ3) is 2.41. The molecule has 1 aliphatic heterocycles. The van der Waals surface area contributed by atoms with Gasteiger partial charge in [-0.25, -0.2) is 4.98 Å². The molecule has 5 heteroatoms. The molecule has 1 aromatic rings. The van der Waals surface area contributed by atoms with Crippen molar-refractivity contribution in [1.82, 2.24) is 9.88 Å². The number of carbonyl (C=O) groups excluding carboxylic acids is 1. The van der Waals surface area contributed by atoms with E-state index in [1.54, 1.807) is 6.20 Å². The van der Waals surface area contributed by atoms with Crippen LogP contribution in [0.1, 0.15) is 28.0 Å². The van der Waals surface area contributed by atoms with Gasteiger partial charge in [0.15, 0.2) is 0 Å². The topological polar surface area (TPSA) is 59.2 Å². The normalized spacial score (nSPS) is 25.8. The lowest BCUT2D eigenvalue weighted by atomic mass is 9.96. The highest BCUT2D eigenvalue weighted by Crippen LogP contribution is 2.20. The van der Waals surface area contributed by atoms with Crippen LogP contribution in [0, 0.1) is 12.8 Å². The van der Waals surface area contributed by atoms with Crippen LogP contribution >= 0.6 is 11.3 Å². The summed E-state index contributed by atoms with van der Waals surface area (Å²) in [5.41, 5.74) is 5.93. The molecule has 1 fully saturated rings. The molecule has 88 valence electrons. The molecule has 2 atom stereocenters. The summed E-state index contributed by atoms with van der Waals surface area (Å²) >= 11 is 1.45. The van der Waals surface area contributed by atoms with Crippen molar-refractivity contribution in [2.24, 2.45) is 11.7 Å². The zero-order valence-electron chi connectivity index (χ0n) is 9.64. The number of aromatic nitrogens is 1. The van der Waals surface area contributed by atoms with Gasteiger partial charge in [0.25, 0.3) is 5.91 Å². The maximum atomic E-state index is 12.1. The lowest BCUT2D eigenvalue weighted by molar-refractivity contribution is 0.0665. The van der Waals surface area contributed by atoms with Crippen molar-refractivity contribution < 1.29 is 4.79 Å². The van der Waals surface area contributed by atoms with Gasteiger partial charge in [0, 0.05) is 19.1 Å². The number of likely N-dealkylation sites (tertiary alicyclic amines) is 1. The number of nitrogens with zero attached hydrogens (tertiary/aromatic N) is 2. The van der Waals surface area contributed by atoms with Crippen LogP contribution in [0.2, 0.25) is 0 Å². The number of piperidine rings is 1. The van der Waals surface area contributed by atoms with Crippen LogP contribution in [0.15, 0.2) is 6.20 Å². The summed E-state index contributed by atoms with van der Waals surface area (Å²) in [6, 6.07) is 0.113. The van der Waals surface area contributed by atoms with Crippen molar-refractivity contribution in [1.29, 1.82) is 0 Å². The van der Waals surface area contributed by atoms with Crippen LogP contribution in [0.4, 0.5) is 0 Å². The van der Waals surface area contributed by atoms with Gasteiger partial charge in [0.1, 0.15) is 4.88 Å². The maximum Gasteiger partial charge on any atom is 0.265 e. The maximum absolute atomic E-state index is 12.1. The van der Waals surface area contributed by atoms with Crippen LogP contribution in [-0.4, -0.2) is 34.9 Å². The molecule has 2 N–H and O–H groups in total. The van der Waals surface area contributed by atoms with Crippen molar-refractivity contribution >= 4 is 17.2 Å². The molecule has 0 saturated carbocycles. The van der Waals surface area contributed by atoms with Gasteiger partial charge < -0.3 is 10.6 Å². The van der Waals surface area contributed by atoms with E-state index in [4.69, 9.17) is 5.73 Å². The minimum absolute atomic E-state index is 0.0765. The van der Waals surface area contributed by atoms with Gasteiger partial charge in [0.05, 0.1) is 11.2 Å². The second kappa shape index (κ2) is 4.51. The summed E-state index contributed by atoms with van der Waals surface area (Å²) in [6.07, 6.45) is 2.67. The van der Waals surface area contributed by atoms with E-state index in [1.807, 2.05) is 11.8 Å². The zero-order valence-corrected chi connectivity index (χ0v) is 10.5. The van der Waals surface area contributed by atoms with Crippen molar-refractivity contribution in [3.05, 3.63) is 16.1 Å². The molecule has 0 aliphatic carbocycles. The highest BCUT2D eigenvalue weighted by atomic mass is 32.1. The highest BCUT2D eigenvalue weighted by Gasteiger charge is 2.27. The fourth-order valence-corrected chi connectivity index (χ4v) is 2.93. The third-order valence-electron chi connectivity index (χ3n) is 2.81. The van der Waals surface area contributed by atoms with E-state index in [2.05, 4.69) is 11.9 Å². The molecule has 16 heavy (non-hydrogen) atoms. The number of aryl methyl sites for hydroxylation is 1. The average molecular weight is 239 g/mol. The van der Waals surface area contributed by atoms with Gasteiger partial charge in [-0.2, -0.15) is 0 Å². The minimum atomic E-state index is 0.0765. The Kier molecular flexibility index (Phi) is 3.25. The molecule has 0 aromatic carbocycles. The number of amides is 1. The Bertz CT molecular complexity index is 380. The number of rotatable bonds is 1. The molecule has 0 spiro atoms. The van der Waals surface area contributed by atoms with Crippen molar-refractivity contribution in [3.63, 3.8) is 0 Å². The van der Waals surface area contributed by atoms with E-state index in [-0.39, 0.29) is 11.9 Å². The zero-order chi connectivity index (χ0) is 11.7. The van der Waals surface area contributed by atoms with E-state index in [0.29, 0.717) is 12.5 Å². The number of nitrogens with two attached hydrogens (primary N) is 1. The fourth-order valence-electron chi connectivity index (χ4n) is 2.18. The van der Waals surface area contributed by atoms with Crippen molar-refractivity contribution in [2.45, 2.75) is 26.3 Å². The molecule has 1 saturated heterocycles. The molecule has 2 rings (SSSR count). The number of thiazole rings is 1. The van der Waals surface area contributed by atoms with Crippen molar-refractivity contribution in [3.8, 4) is 0 Å².